The molecule has 0 saturated heterocycles. The van der Waals surface area contributed by atoms with Crippen LogP contribution in [0.25, 0.3) is 0 Å². The van der Waals surface area contributed by atoms with Crippen LogP contribution in [0.2, 0.25) is 5.02 Å². The summed E-state index contributed by atoms with van der Waals surface area (Å²) in [5.41, 5.74) is 3.26. The number of halogens is 4. The molecule has 0 fully saturated rings. The molecule has 100 valence electrons. The molecular weight excluding hydrogens is 277 g/mol. The largest absolute Gasteiger partial charge is 0.271 e. The molecule has 0 spiro atoms. The fraction of sp³-hybridized carbons (Fsp3) is 0.0769. The third kappa shape index (κ3) is 2.89. The lowest BCUT2D eigenvalue weighted by molar-refractivity contribution is 0.503. The van der Waals surface area contributed by atoms with E-state index in [0.717, 1.165) is 12.1 Å². The highest BCUT2D eigenvalue weighted by molar-refractivity contribution is 6.30. The second kappa shape index (κ2) is 5.61. The summed E-state index contributed by atoms with van der Waals surface area (Å²) in [7, 11) is 0. The maximum atomic E-state index is 13.4. The Balaban J connectivity index is 2.43. The summed E-state index contributed by atoms with van der Waals surface area (Å²) in [5.74, 6) is 2.83. The molecule has 0 bridgehead atoms. The summed E-state index contributed by atoms with van der Waals surface area (Å²) in [4.78, 5) is 0. The molecule has 0 aliphatic rings. The van der Waals surface area contributed by atoms with Crippen LogP contribution in [0.4, 0.5) is 13.2 Å². The Morgan fingerprint density at radius 1 is 0.895 bits per heavy atom. The van der Waals surface area contributed by atoms with E-state index in [1.807, 2.05) is 0 Å². The molecule has 0 heterocycles. The molecule has 2 nitrogen and oxygen atoms in total. The first-order valence-corrected chi connectivity index (χ1v) is 5.76. The molecule has 6 heteroatoms. The van der Waals surface area contributed by atoms with E-state index in [0.29, 0.717) is 11.1 Å². The molecule has 0 aliphatic heterocycles. The van der Waals surface area contributed by atoms with Crippen molar-refractivity contribution in [2.24, 2.45) is 5.84 Å². The number of hydrogen-bond acceptors (Lipinski definition) is 2. The van der Waals surface area contributed by atoms with Crippen molar-refractivity contribution in [3.05, 3.63) is 70.0 Å². The number of nitrogens with two attached hydrogens (primary N) is 1. The molecule has 3 N–H and O–H groups in total. The van der Waals surface area contributed by atoms with Crippen LogP contribution < -0.4 is 11.3 Å². The van der Waals surface area contributed by atoms with Crippen LogP contribution in [0.3, 0.4) is 0 Å². The zero-order valence-electron chi connectivity index (χ0n) is 9.63. The van der Waals surface area contributed by atoms with Gasteiger partial charge in [-0.2, -0.15) is 0 Å². The molecule has 0 aromatic heterocycles. The van der Waals surface area contributed by atoms with Gasteiger partial charge in [0.25, 0.3) is 0 Å². The molecule has 0 saturated carbocycles. The zero-order chi connectivity index (χ0) is 14.0. The van der Waals surface area contributed by atoms with Crippen molar-refractivity contribution in [3.63, 3.8) is 0 Å². The van der Waals surface area contributed by atoms with Crippen LogP contribution in [0.5, 0.6) is 0 Å². The Morgan fingerprint density at radius 2 is 1.47 bits per heavy atom. The summed E-state index contributed by atoms with van der Waals surface area (Å²) in [5, 5.41) is -0.0233. The summed E-state index contributed by atoms with van der Waals surface area (Å²) >= 11 is 5.58. The van der Waals surface area contributed by atoms with Crippen molar-refractivity contribution in [3.8, 4) is 0 Å². The van der Waals surface area contributed by atoms with Crippen LogP contribution in [0, 0.1) is 17.5 Å². The maximum Gasteiger partial charge on any atom is 0.159 e. The lowest BCUT2D eigenvalue weighted by atomic mass is 9.99. The number of rotatable bonds is 3. The van der Waals surface area contributed by atoms with Crippen LogP contribution in [-0.4, -0.2) is 0 Å². The van der Waals surface area contributed by atoms with E-state index < -0.39 is 23.5 Å². The molecule has 1 atom stereocenters. The van der Waals surface area contributed by atoms with Crippen molar-refractivity contribution in [1.82, 2.24) is 5.43 Å². The first-order chi connectivity index (χ1) is 9.02. The summed E-state index contributed by atoms with van der Waals surface area (Å²) in [6, 6.07) is 6.81. The lowest BCUT2D eigenvalue weighted by Crippen LogP contribution is -2.29. The van der Waals surface area contributed by atoms with Gasteiger partial charge in [0, 0.05) is 0 Å². The first-order valence-electron chi connectivity index (χ1n) is 5.39. The van der Waals surface area contributed by atoms with Gasteiger partial charge in [0.2, 0.25) is 0 Å². The minimum atomic E-state index is -0.993. The van der Waals surface area contributed by atoms with Gasteiger partial charge >= 0.3 is 0 Å². The fourth-order valence-electron chi connectivity index (χ4n) is 1.77. The quantitative estimate of drug-likeness (QED) is 0.671. The van der Waals surface area contributed by atoms with Gasteiger partial charge in [0.05, 0.1) is 11.1 Å². The van der Waals surface area contributed by atoms with Gasteiger partial charge in [0.15, 0.2) is 11.6 Å². The third-order valence-corrected chi connectivity index (χ3v) is 3.03. The van der Waals surface area contributed by atoms with Gasteiger partial charge < -0.3 is 0 Å². The molecule has 0 radical (unpaired) electrons. The van der Waals surface area contributed by atoms with Crippen molar-refractivity contribution in [1.29, 1.82) is 0 Å². The van der Waals surface area contributed by atoms with Crippen LogP contribution in [-0.2, 0) is 0 Å². The predicted octanol–water partition coefficient (Wildman–Crippen LogP) is 3.31. The second-order valence-electron chi connectivity index (χ2n) is 3.95. The van der Waals surface area contributed by atoms with E-state index in [1.165, 1.54) is 18.2 Å². The Hall–Kier alpha value is -1.56. The standard InChI is InChI=1S/C13H10ClF3N2/c14-9-3-1-7(5-11(9)16)13(19-18)8-2-4-10(15)12(17)6-8/h1-6,13,19H,18H2. The van der Waals surface area contributed by atoms with E-state index >= 15 is 0 Å². The van der Waals surface area contributed by atoms with Crippen molar-refractivity contribution >= 4 is 11.6 Å². The molecule has 0 aliphatic carbocycles. The Bertz CT molecular complexity index is 553. The van der Waals surface area contributed by atoms with E-state index in [2.05, 4.69) is 5.43 Å². The zero-order valence-corrected chi connectivity index (χ0v) is 10.4. The first kappa shape index (κ1) is 13.9. The molecule has 0 amide bonds. The van der Waals surface area contributed by atoms with Crippen LogP contribution in [0.15, 0.2) is 36.4 Å². The van der Waals surface area contributed by atoms with E-state index in [9.17, 15) is 13.2 Å². The van der Waals surface area contributed by atoms with Crippen molar-refractivity contribution in [2.75, 3.05) is 0 Å². The normalized spacial score (nSPS) is 12.5. The second-order valence-corrected chi connectivity index (χ2v) is 4.35. The average molecular weight is 287 g/mol. The SMILES string of the molecule is NNC(c1ccc(F)c(F)c1)c1ccc(Cl)c(F)c1. The highest BCUT2D eigenvalue weighted by Crippen LogP contribution is 2.25. The summed E-state index contributed by atoms with van der Waals surface area (Å²) < 4.78 is 39.5. The summed E-state index contributed by atoms with van der Waals surface area (Å²) in [6.45, 7) is 0. The molecule has 19 heavy (non-hydrogen) atoms. The molecule has 2 rings (SSSR count). The molecule has 1 unspecified atom stereocenters. The predicted molar refractivity (Wildman–Crippen MR) is 66.9 cm³/mol. The van der Waals surface area contributed by atoms with Gasteiger partial charge in [-0.25, -0.2) is 18.6 Å². The van der Waals surface area contributed by atoms with E-state index in [-0.39, 0.29) is 5.02 Å². The smallest absolute Gasteiger partial charge is 0.159 e. The van der Waals surface area contributed by atoms with E-state index in [1.54, 1.807) is 6.07 Å². The lowest BCUT2D eigenvalue weighted by Gasteiger charge is -2.17. The molecular formula is C13H10ClF3N2. The fourth-order valence-corrected chi connectivity index (χ4v) is 1.89. The van der Waals surface area contributed by atoms with Gasteiger partial charge in [-0.3, -0.25) is 5.84 Å². The van der Waals surface area contributed by atoms with Crippen molar-refractivity contribution in [2.45, 2.75) is 6.04 Å². The number of benzene rings is 2. The Labute approximate surface area is 113 Å². The van der Waals surface area contributed by atoms with Crippen LogP contribution in [0.1, 0.15) is 17.2 Å². The van der Waals surface area contributed by atoms with Gasteiger partial charge in [-0.05, 0) is 35.4 Å². The monoisotopic (exact) mass is 286 g/mol. The third-order valence-electron chi connectivity index (χ3n) is 2.72. The van der Waals surface area contributed by atoms with E-state index in [4.69, 9.17) is 17.4 Å². The average Bonchev–Trinajstić information content (AvgIpc) is 2.39. The van der Waals surface area contributed by atoms with Gasteiger partial charge in [0.1, 0.15) is 5.82 Å². The minimum Gasteiger partial charge on any atom is -0.271 e. The van der Waals surface area contributed by atoms with Gasteiger partial charge in [-0.15, -0.1) is 0 Å². The Kier molecular flexibility index (Phi) is 4.09. The topological polar surface area (TPSA) is 38.0 Å². The highest BCUT2D eigenvalue weighted by atomic mass is 35.5. The van der Waals surface area contributed by atoms with Crippen LogP contribution >= 0.6 is 11.6 Å². The number of nitrogens with one attached hydrogen (secondary N) is 1. The number of hydrazine groups is 1. The highest BCUT2D eigenvalue weighted by Gasteiger charge is 2.16. The molecule has 2 aromatic carbocycles. The number of hydrogen-bond donors (Lipinski definition) is 2. The van der Waals surface area contributed by atoms with Gasteiger partial charge in [-0.1, -0.05) is 23.7 Å². The minimum absolute atomic E-state index is 0.0233. The summed E-state index contributed by atoms with van der Waals surface area (Å²) in [6.07, 6.45) is 0. The van der Waals surface area contributed by atoms with Crippen molar-refractivity contribution < 1.29 is 13.2 Å². The Morgan fingerprint density at radius 3 is 2.00 bits per heavy atom. The molecule has 2 aromatic rings. The maximum absolute atomic E-state index is 13.4.